The molecule has 1 aromatic carbocycles. The fraction of sp³-hybridized carbons (Fsp3) is 0.611. The van der Waals surface area contributed by atoms with E-state index in [1.54, 1.807) is 0 Å². The smallest absolute Gasteiger partial charge is 0.352 e. The third kappa shape index (κ3) is 6.88. The Morgan fingerprint density at radius 3 is 1.77 bits per heavy atom. The van der Waals surface area contributed by atoms with Crippen molar-refractivity contribution in [2.24, 2.45) is 5.92 Å². The van der Waals surface area contributed by atoms with E-state index < -0.39 is 23.5 Å². The number of halogens is 6. The van der Waals surface area contributed by atoms with Crippen molar-refractivity contribution >= 4 is 5.91 Å². The molecule has 8 heteroatoms. The lowest BCUT2D eigenvalue weighted by Crippen LogP contribution is -2.29. The van der Waals surface area contributed by atoms with Crippen molar-refractivity contribution in [3.63, 3.8) is 0 Å². The zero-order chi connectivity index (χ0) is 20.0. The molecule has 0 spiro atoms. The van der Waals surface area contributed by atoms with Crippen LogP contribution in [0.1, 0.15) is 62.6 Å². The fourth-order valence-corrected chi connectivity index (χ4v) is 2.64. The zero-order valence-corrected chi connectivity index (χ0v) is 14.7. The van der Waals surface area contributed by atoms with E-state index in [0.29, 0.717) is 25.0 Å². The first-order valence-corrected chi connectivity index (χ1v) is 8.55. The molecule has 2 rings (SSSR count). The van der Waals surface area contributed by atoms with Gasteiger partial charge >= 0.3 is 12.4 Å². The number of hydrogen-bond donors (Lipinski definition) is 1. The van der Waals surface area contributed by atoms with Crippen LogP contribution >= 0.6 is 0 Å². The van der Waals surface area contributed by atoms with Gasteiger partial charge in [0.1, 0.15) is 0 Å². The number of hydrogen-bond acceptors (Lipinski definition) is 1. The van der Waals surface area contributed by atoms with Gasteiger partial charge in [0.25, 0.3) is 0 Å². The predicted molar refractivity (Wildman–Crippen MR) is 86.2 cm³/mol. The second kappa shape index (κ2) is 9.28. The molecule has 0 saturated heterocycles. The second-order valence-electron chi connectivity index (χ2n) is 6.32. The maximum atomic E-state index is 12.7. The molecule has 0 radical (unpaired) electrons. The minimum atomic E-state index is -4.88. The third-order valence-electron chi connectivity index (χ3n) is 3.84. The van der Waals surface area contributed by atoms with Gasteiger partial charge in [-0.25, -0.2) is 0 Å². The normalized spacial score (nSPS) is 15.4. The van der Waals surface area contributed by atoms with Crippen LogP contribution in [-0.4, -0.2) is 5.91 Å². The molecular formula is C18H23F6NO. The number of benzene rings is 1. The summed E-state index contributed by atoms with van der Waals surface area (Å²) >= 11 is 0. The number of alkyl halides is 6. The molecule has 0 atom stereocenters. The Morgan fingerprint density at radius 2 is 1.38 bits per heavy atom. The van der Waals surface area contributed by atoms with Crippen LogP contribution in [0.25, 0.3) is 0 Å². The van der Waals surface area contributed by atoms with Crippen molar-refractivity contribution in [1.29, 1.82) is 0 Å². The summed E-state index contributed by atoms with van der Waals surface area (Å²) in [6, 6.07) is 1.33. The first-order valence-electron chi connectivity index (χ1n) is 8.55. The molecular weight excluding hydrogens is 360 g/mol. The minimum Gasteiger partial charge on any atom is -0.352 e. The van der Waals surface area contributed by atoms with Crippen LogP contribution < -0.4 is 5.32 Å². The largest absolute Gasteiger partial charge is 0.416 e. The predicted octanol–water partition coefficient (Wildman–Crippen LogP) is 5.95. The lowest BCUT2D eigenvalue weighted by atomic mass is 10.0. The first-order chi connectivity index (χ1) is 12.0. The van der Waals surface area contributed by atoms with Gasteiger partial charge in [-0.1, -0.05) is 33.1 Å². The molecule has 0 bridgehead atoms. The van der Waals surface area contributed by atoms with Crippen molar-refractivity contribution in [2.75, 3.05) is 0 Å². The van der Waals surface area contributed by atoms with Gasteiger partial charge in [-0.05, 0) is 36.6 Å². The highest BCUT2D eigenvalue weighted by Crippen LogP contribution is 2.36. The van der Waals surface area contributed by atoms with Crippen LogP contribution in [0.5, 0.6) is 0 Å². The molecule has 0 aliphatic heterocycles. The van der Waals surface area contributed by atoms with Crippen molar-refractivity contribution in [3.05, 3.63) is 34.9 Å². The summed E-state index contributed by atoms with van der Waals surface area (Å²) < 4.78 is 76.4. The summed E-state index contributed by atoms with van der Waals surface area (Å²) in [4.78, 5) is 11.8. The molecule has 1 amide bonds. The quantitative estimate of drug-likeness (QED) is 0.643. The molecule has 1 aliphatic rings. The fourth-order valence-electron chi connectivity index (χ4n) is 2.64. The second-order valence-corrected chi connectivity index (χ2v) is 6.32. The lowest BCUT2D eigenvalue weighted by molar-refractivity contribution is -0.143. The number of nitrogens with one attached hydrogen (secondary N) is 1. The number of rotatable bonds is 3. The van der Waals surface area contributed by atoms with Gasteiger partial charge in [-0.15, -0.1) is 0 Å². The van der Waals surface area contributed by atoms with Gasteiger partial charge in [0.05, 0.1) is 11.1 Å². The molecule has 0 aromatic heterocycles. The molecule has 1 fully saturated rings. The van der Waals surface area contributed by atoms with E-state index in [0.717, 1.165) is 12.8 Å². The van der Waals surface area contributed by atoms with Crippen LogP contribution in [0.15, 0.2) is 18.2 Å². The first kappa shape index (κ1) is 22.3. The van der Waals surface area contributed by atoms with Gasteiger partial charge in [-0.3, -0.25) is 4.79 Å². The summed E-state index contributed by atoms with van der Waals surface area (Å²) in [6.45, 7) is 3.89. The molecule has 0 unspecified atom stereocenters. The standard InChI is InChI=1S/C15H15F6NO.C3H8/c16-14(17,18)11-5-9(6-12(7-11)15(19,20)21)8-22-13(23)10-3-1-2-4-10;1-3-2/h5-7,10H,1-4,8H2,(H,22,23);3H2,1-2H3. The Hall–Kier alpha value is -1.73. The van der Waals surface area contributed by atoms with Crippen molar-refractivity contribution in [1.82, 2.24) is 5.32 Å². The summed E-state index contributed by atoms with van der Waals surface area (Å²) in [5, 5.41) is 2.42. The average Bonchev–Trinajstić information content (AvgIpc) is 3.06. The Labute approximate surface area is 149 Å². The highest BCUT2D eigenvalue weighted by atomic mass is 19.4. The Morgan fingerprint density at radius 1 is 0.962 bits per heavy atom. The van der Waals surface area contributed by atoms with Gasteiger partial charge < -0.3 is 5.32 Å². The van der Waals surface area contributed by atoms with Gasteiger partial charge in [0, 0.05) is 12.5 Å². The molecule has 0 heterocycles. The van der Waals surface area contributed by atoms with Crippen LogP contribution in [0, 0.1) is 5.92 Å². The summed E-state index contributed by atoms with van der Waals surface area (Å²) in [5.74, 6) is -0.531. The van der Waals surface area contributed by atoms with Gasteiger partial charge in [0.2, 0.25) is 5.91 Å². The maximum absolute atomic E-state index is 12.7. The van der Waals surface area contributed by atoms with Crippen LogP contribution in [0.2, 0.25) is 0 Å². The number of carbonyl (C=O) groups excluding carboxylic acids is 1. The number of amides is 1. The lowest BCUT2D eigenvalue weighted by Gasteiger charge is -2.15. The Kier molecular flexibility index (Phi) is 7.96. The molecule has 1 aromatic rings. The molecule has 1 N–H and O–H groups in total. The SMILES string of the molecule is CCC.O=C(NCc1cc(C(F)(F)F)cc(C(F)(F)F)c1)C1CCCC1. The van der Waals surface area contributed by atoms with E-state index in [9.17, 15) is 31.1 Å². The van der Waals surface area contributed by atoms with E-state index in [-0.39, 0.29) is 30.0 Å². The van der Waals surface area contributed by atoms with Crippen molar-refractivity contribution in [2.45, 2.75) is 64.8 Å². The van der Waals surface area contributed by atoms with Crippen LogP contribution in [-0.2, 0) is 23.7 Å². The summed E-state index contributed by atoms with van der Waals surface area (Å²) in [6.07, 6.45) is -5.32. The van der Waals surface area contributed by atoms with E-state index >= 15 is 0 Å². The van der Waals surface area contributed by atoms with Crippen LogP contribution in [0.4, 0.5) is 26.3 Å². The summed E-state index contributed by atoms with van der Waals surface area (Å²) in [7, 11) is 0. The topological polar surface area (TPSA) is 29.1 Å². The molecule has 26 heavy (non-hydrogen) atoms. The van der Waals surface area contributed by atoms with E-state index in [1.165, 1.54) is 6.42 Å². The Balaban J connectivity index is 0.00000105. The van der Waals surface area contributed by atoms with E-state index in [2.05, 4.69) is 19.2 Å². The monoisotopic (exact) mass is 383 g/mol. The zero-order valence-electron chi connectivity index (χ0n) is 14.7. The van der Waals surface area contributed by atoms with Crippen LogP contribution in [0.3, 0.4) is 0 Å². The molecule has 2 nitrogen and oxygen atoms in total. The van der Waals surface area contributed by atoms with Crippen molar-refractivity contribution < 1.29 is 31.1 Å². The van der Waals surface area contributed by atoms with E-state index in [4.69, 9.17) is 0 Å². The van der Waals surface area contributed by atoms with Gasteiger partial charge in [0.15, 0.2) is 0 Å². The maximum Gasteiger partial charge on any atom is 0.416 e. The number of carbonyl (C=O) groups is 1. The van der Waals surface area contributed by atoms with Crippen molar-refractivity contribution in [3.8, 4) is 0 Å². The van der Waals surface area contributed by atoms with Gasteiger partial charge in [-0.2, -0.15) is 26.3 Å². The average molecular weight is 383 g/mol. The summed E-state index contributed by atoms with van der Waals surface area (Å²) in [5.41, 5.74) is -2.98. The molecule has 1 saturated carbocycles. The highest BCUT2D eigenvalue weighted by molar-refractivity contribution is 5.78. The highest BCUT2D eigenvalue weighted by Gasteiger charge is 2.36. The molecule has 148 valence electrons. The third-order valence-corrected chi connectivity index (χ3v) is 3.84. The Bertz CT molecular complexity index is 556. The van der Waals surface area contributed by atoms with E-state index in [1.807, 2.05) is 0 Å². The molecule has 1 aliphatic carbocycles. The minimum absolute atomic E-state index is 0.0717.